The number of methoxy groups -OCH3 is 8. The Balaban J connectivity index is 2.00. The van der Waals surface area contributed by atoms with Crippen LogP contribution >= 0.6 is 11.8 Å². The quantitative estimate of drug-likeness (QED) is 0.149. The van der Waals surface area contributed by atoms with Crippen molar-refractivity contribution in [3.8, 4) is 46.0 Å². The Morgan fingerprint density at radius 2 is 0.786 bits per heavy atom. The minimum atomic E-state index is -0.663. The summed E-state index contributed by atoms with van der Waals surface area (Å²) >= 11 is 1.59. The van der Waals surface area contributed by atoms with Crippen LogP contribution in [0, 0.1) is 0 Å². The van der Waals surface area contributed by atoms with Gasteiger partial charge in [0.05, 0.1) is 61.8 Å². The molecule has 4 rings (SSSR count). The van der Waals surface area contributed by atoms with Gasteiger partial charge in [0, 0.05) is 29.2 Å². The zero-order valence-electron chi connectivity index (χ0n) is 24.9. The van der Waals surface area contributed by atoms with E-state index in [4.69, 9.17) is 37.9 Å². The van der Waals surface area contributed by atoms with Gasteiger partial charge in [-0.2, -0.15) is 0 Å². The fraction of sp³-hybridized carbons (Fsp3) is 0.250. The fourth-order valence-corrected chi connectivity index (χ4v) is 7.74. The third-order valence-corrected chi connectivity index (χ3v) is 9.84. The van der Waals surface area contributed by atoms with Crippen LogP contribution in [-0.4, -0.2) is 56.9 Å². The van der Waals surface area contributed by atoms with Crippen molar-refractivity contribution in [3.05, 3.63) is 66.7 Å². The number of hydrogen-bond acceptors (Lipinski definition) is 9. The molecule has 0 fully saturated rings. The van der Waals surface area contributed by atoms with Gasteiger partial charge in [-0.05, 0) is 42.5 Å². The van der Waals surface area contributed by atoms with E-state index in [0.717, 1.165) is 24.5 Å². The van der Waals surface area contributed by atoms with Gasteiger partial charge in [0.15, 0.2) is 60.7 Å². The maximum Gasteiger partial charge on any atom is 0.184 e. The van der Waals surface area contributed by atoms with Crippen molar-refractivity contribution in [2.45, 2.75) is 24.5 Å². The highest BCUT2D eigenvalue weighted by Crippen LogP contribution is 2.47. The molecular weight excluding hydrogens is 576 g/mol. The summed E-state index contributed by atoms with van der Waals surface area (Å²) in [6.07, 6.45) is 0. The van der Waals surface area contributed by atoms with Gasteiger partial charge in [0.25, 0.3) is 0 Å². The molecule has 10 heteroatoms. The predicted octanol–water partition coefficient (Wildman–Crippen LogP) is 7.00. The maximum atomic E-state index is 5.78. The van der Waals surface area contributed by atoms with Crippen molar-refractivity contribution in [2.75, 3.05) is 56.9 Å². The maximum absolute atomic E-state index is 5.78. The molecule has 4 aromatic carbocycles. The summed E-state index contributed by atoms with van der Waals surface area (Å²) in [5, 5.41) is 0. The zero-order valence-corrected chi connectivity index (χ0v) is 26.6. The van der Waals surface area contributed by atoms with Crippen molar-refractivity contribution >= 4 is 22.7 Å². The molecule has 0 heterocycles. The molecule has 0 N–H and O–H groups in total. The first kappa shape index (κ1) is 30.9. The first-order chi connectivity index (χ1) is 20.4. The van der Waals surface area contributed by atoms with Crippen molar-refractivity contribution in [1.29, 1.82) is 0 Å². The smallest absolute Gasteiger partial charge is 0.184 e. The molecule has 0 aliphatic heterocycles. The minimum absolute atomic E-state index is 0.614. The summed E-state index contributed by atoms with van der Waals surface area (Å²) in [6, 6.07) is 21.8. The van der Waals surface area contributed by atoms with Crippen molar-refractivity contribution in [1.82, 2.24) is 0 Å². The minimum Gasteiger partial charge on any atom is -0.493 e. The summed E-state index contributed by atoms with van der Waals surface area (Å²) < 4.78 is 45.0. The molecule has 0 saturated carbocycles. The fourth-order valence-electron chi connectivity index (χ4n) is 4.37. The lowest BCUT2D eigenvalue weighted by molar-refractivity contribution is 0.352. The van der Waals surface area contributed by atoms with E-state index in [0.29, 0.717) is 46.0 Å². The van der Waals surface area contributed by atoms with Crippen LogP contribution in [0.5, 0.6) is 46.0 Å². The molecule has 0 aromatic heterocycles. The SMILES string of the molecule is COc1ccc(Sc2cc(OC)c(OC)cc2[S+](c2ccc(OC)c(OC)c2)c2ccc(OC)c(OC)c2)cc1OC. The molecule has 0 atom stereocenters. The summed E-state index contributed by atoms with van der Waals surface area (Å²) in [7, 11) is 12.3. The summed E-state index contributed by atoms with van der Waals surface area (Å²) in [5.41, 5.74) is 0. The lowest BCUT2D eigenvalue weighted by atomic mass is 10.3. The van der Waals surface area contributed by atoms with Crippen LogP contribution in [0.2, 0.25) is 0 Å². The second kappa shape index (κ2) is 14.2. The van der Waals surface area contributed by atoms with Gasteiger partial charge < -0.3 is 37.9 Å². The van der Waals surface area contributed by atoms with Crippen LogP contribution < -0.4 is 37.9 Å². The van der Waals surface area contributed by atoms with Crippen LogP contribution in [0.4, 0.5) is 0 Å². The zero-order chi connectivity index (χ0) is 30.2. The second-order valence-corrected chi connectivity index (χ2v) is 11.7. The Labute approximate surface area is 254 Å². The molecule has 0 spiro atoms. The predicted molar refractivity (Wildman–Crippen MR) is 164 cm³/mol. The van der Waals surface area contributed by atoms with Crippen LogP contribution in [-0.2, 0) is 10.9 Å². The molecule has 0 unspecified atom stereocenters. The molecule has 0 aliphatic rings. The standard InChI is InChI=1S/C32H35O8S2/c1-33-23-12-9-20(15-26(23)36-4)41-31-18-29(39-7)30(40-8)19-32(31)42(21-10-13-24(34-2)27(16-21)37-5)22-11-14-25(35-3)28(17-22)38-6/h9-19H,1-8H3/q+1. The summed E-state index contributed by atoms with van der Waals surface area (Å²) in [5.74, 6) is 5.07. The topological polar surface area (TPSA) is 73.8 Å². The number of benzene rings is 4. The van der Waals surface area contributed by atoms with E-state index < -0.39 is 10.9 Å². The lowest BCUT2D eigenvalue weighted by Crippen LogP contribution is -2.08. The monoisotopic (exact) mass is 611 g/mol. The van der Waals surface area contributed by atoms with Gasteiger partial charge in [-0.3, -0.25) is 0 Å². The highest BCUT2D eigenvalue weighted by molar-refractivity contribution is 8.01. The first-order valence-corrected chi connectivity index (χ1v) is 14.8. The Hall–Kier alpha value is -4.02. The van der Waals surface area contributed by atoms with Gasteiger partial charge in [-0.25, -0.2) is 0 Å². The van der Waals surface area contributed by atoms with Gasteiger partial charge in [-0.1, -0.05) is 11.8 Å². The van der Waals surface area contributed by atoms with E-state index in [1.165, 1.54) is 0 Å². The third-order valence-electron chi connectivity index (χ3n) is 6.43. The van der Waals surface area contributed by atoms with Crippen LogP contribution in [0.25, 0.3) is 0 Å². The van der Waals surface area contributed by atoms with Crippen molar-refractivity contribution in [2.24, 2.45) is 0 Å². The number of rotatable bonds is 13. The van der Waals surface area contributed by atoms with E-state index in [1.807, 2.05) is 66.7 Å². The molecule has 0 radical (unpaired) electrons. The second-order valence-electron chi connectivity index (χ2n) is 8.61. The Morgan fingerprint density at radius 1 is 0.405 bits per heavy atom. The van der Waals surface area contributed by atoms with E-state index in [1.54, 1.807) is 68.6 Å². The van der Waals surface area contributed by atoms with Crippen molar-refractivity contribution in [3.63, 3.8) is 0 Å². The van der Waals surface area contributed by atoms with Gasteiger partial charge >= 0.3 is 0 Å². The molecule has 0 bridgehead atoms. The average molecular weight is 612 g/mol. The molecule has 222 valence electrons. The molecule has 4 aromatic rings. The Bertz CT molecular complexity index is 1470. The van der Waals surface area contributed by atoms with Crippen molar-refractivity contribution < 1.29 is 37.9 Å². The van der Waals surface area contributed by atoms with Gasteiger partial charge in [0.2, 0.25) is 0 Å². The molecule has 0 aliphatic carbocycles. The molecule has 8 nitrogen and oxygen atoms in total. The lowest BCUT2D eigenvalue weighted by Gasteiger charge is -2.17. The van der Waals surface area contributed by atoms with Crippen LogP contribution in [0.15, 0.2) is 91.2 Å². The van der Waals surface area contributed by atoms with E-state index >= 15 is 0 Å². The highest BCUT2D eigenvalue weighted by atomic mass is 32.2. The first-order valence-electron chi connectivity index (χ1n) is 12.8. The van der Waals surface area contributed by atoms with E-state index in [2.05, 4.69) is 0 Å². The molecular formula is C32H35O8S2+. The molecule has 0 saturated heterocycles. The van der Waals surface area contributed by atoms with E-state index in [9.17, 15) is 0 Å². The Morgan fingerprint density at radius 3 is 1.24 bits per heavy atom. The third kappa shape index (κ3) is 6.39. The Kier molecular flexibility index (Phi) is 10.5. The van der Waals surface area contributed by atoms with Gasteiger partial charge in [-0.15, -0.1) is 0 Å². The number of hydrogen-bond donors (Lipinski definition) is 0. The average Bonchev–Trinajstić information content (AvgIpc) is 3.04. The summed E-state index contributed by atoms with van der Waals surface area (Å²) in [4.78, 5) is 4.94. The van der Waals surface area contributed by atoms with Gasteiger partial charge in [0.1, 0.15) is 10.9 Å². The largest absolute Gasteiger partial charge is 0.493 e. The molecule has 0 amide bonds. The van der Waals surface area contributed by atoms with E-state index in [-0.39, 0.29) is 0 Å². The summed E-state index contributed by atoms with van der Waals surface area (Å²) in [6.45, 7) is 0. The van der Waals surface area contributed by atoms with Crippen LogP contribution in [0.3, 0.4) is 0 Å². The van der Waals surface area contributed by atoms with Crippen LogP contribution in [0.1, 0.15) is 0 Å². The molecule has 42 heavy (non-hydrogen) atoms. The number of ether oxygens (including phenoxy) is 8. The highest BCUT2D eigenvalue weighted by Gasteiger charge is 2.35. The normalized spacial score (nSPS) is 10.7.